The summed E-state index contributed by atoms with van der Waals surface area (Å²) in [6.45, 7) is 3.69. The molecule has 3 rings (SSSR count). The molecule has 122 valence electrons. The summed E-state index contributed by atoms with van der Waals surface area (Å²) in [7, 11) is 0. The first-order chi connectivity index (χ1) is 10.2. The first kappa shape index (κ1) is 17.3. The minimum Gasteiger partial charge on any atom is -0.338 e. The number of halogens is 1. The zero-order chi connectivity index (χ0) is 14.8. The molecular formula is C18H27ClN2O. The van der Waals surface area contributed by atoms with Gasteiger partial charge in [-0.15, -0.1) is 12.4 Å². The van der Waals surface area contributed by atoms with Crippen molar-refractivity contribution in [3.8, 4) is 0 Å². The summed E-state index contributed by atoms with van der Waals surface area (Å²) in [4.78, 5) is 15.2. The fraction of sp³-hybridized carbons (Fsp3) is 0.611. The van der Waals surface area contributed by atoms with Gasteiger partial charge in [0, 0.05) is 19.1 Å². The molecule has 0 spiro atoms. The Morgan fingerprint density at radius 2 is 2.05 bits per heavy atom. The zero-order valence-electron chi connectivity index (χ0n) is 13.3. The van der Waals surface area contributed by atoms with Crippen molar-refractivity contribution >= 4 is 18.3 Å². The topological polar surface area (TPSA) is 46.3 Å². The van der Waals surface area contributed by atoms with Gasteiger partial charge in [0.1, 0.15) is 0 Å². The highest BCUT2D eigenvalue weighted by molar-refractivity contribution is 5.85. The number of piperidine rings is 1. The van der Waals surface area contributed by atoms with Gasteiger partial charge in [-0.25, -0.2) is 0 Å². The van der Waals surface area contributed by atoms with E-state index in [1.807, 2.05) is 0 Å². The molecule has 2 aliphatic rings. The van der Waals surface area contributed by atoms with E-state index in [0.717, 1.165) is 32.2 Å². The molecule has 1 aromatic rings. The van der Waals surface area contributed by atoms with Crippen LogP contribution in [0.4, 0.5) is 0 Å². The highest BCUT2D eigenvalue weighted by Gasteiger charge is 2.36. The van der Waals surface area contributed by atoms with Gasteiger partial charge in [0.2, 0.25) is 5.91 Å². The molecule has 1 aromatic carbocycles. The smallest absolute Gasteiger partial charge is 0.230 e. The van der Waals surface area contributed by atoms with Crippen LogP contribution in [0.5, 0.6) is 0 Å². The van der Waals surface area contributed by atoms with Crippen LogP contribution in [0.25, 0.3) is 0 Å². The van der Waals surface area contributed by atoms with Crippen LogP contribution in [-0.4, -0.2) is 29.9 Å². The number of carbonyl (C=O) groups is 1. The zero-order valence-corrected chi connectivity index (χ0v) is 14.1. The molecule has 2 N–H and O–H groups in total. The second-order valence-electron chi connectivity index (χ2n) is 6.60. The van der Waals surface area contributed by atoms with Crippen molar-refractivity contribution in [1.29, 1.82) is 0 Å². The molecule has 1 aliphatic heterocycles. The van der Waals surface area contributed by atoms with Crippen molar-refractivity contribution in [2.45, 2.75) is 51.0 Å². The third kappa shape index (κ3) is 3.16. The maximum Gasteiger partial charge on any atom is 0.230 e. The van der Waals surface area contributed by atoms with Gasteiger partial charge in [-0.05, 0) is 49.1 Å². The van der Waals surface area contributed by atoms with Gasteiger partial charge in [-0.2, -0.15) is 0 Å². The molecule has 0 saturated carbocycles. The largest absolute Gasteiger partial charge is 0.338 e. The minimum atomic E-state index is 0. The van der Waals surface area contributed by atoms with Crippen LogP contribution in [0.2, 0.25) is 0 Å². The normalized spacial score (nSPS) is 27.7. The lowest BCUT2D eigenvalue weighted by molar-refractivity contribution is -0.138. The number of nitrogens with two attached hydrogens (primary N) is 1. The Kier molecular flexibility index (Phi) is 5.87. The lowest BCUT2D eigenvalue weighted by Crippen LogP contribution is -2.52. The first-order valence-electron chi connectivity index (χ1n) is 8.30. The molecule has 1 aliphatic carbocycles. The second-order valence-corrected chi connectivity index (χ2v) is 6.60. The number of amides is 1. The maximum absolute atomic E-state index is 13.1. The van der Waals surface area contributed by atoms with Crippen molar-refractivity contribution in [2.75, 3.05) is 13.1 Å². The van der Waals surface area contributed by atoms with E-state index < -0.39 is 0 Å². The number of benzene rings is 1. The Hall–Kier alpha value is -1.06. The van der Waals surface area contributed by atoms with Gasteiger partial charge in [0.15, 0.2) is 0 Å². The van der Waals surface area contributed by atoms with Crippen molar-refractivity contribution in [3.05, 3.63) is 35.4 Å². The van der Waals surface area contributed by atoms with Crippen LogP contribution >= 0.6 is 12.4 Å². The summed E-state index contributed by atoms with van der Waals surface area (Å²) < 4.78 is 0. The molecule has 3 nitrogen and oxygen atoms in total. The lowest BCUT2D eigenvalue weighted by atomic mass is 9.80. The Balaban J connectivity index is 0.00000176. The fourth-order valence-electron chi connectivity index (χ4n) is 4.09. The number of fused-ring (bicyclic) bond motifs is 1. The first-order valence-corrected chi connectivity index (χ1v) is 8.30. The maximum atomic E-state index is 13.1. The predicted octanol–water partition coefficient (Wildman–Crippen LogP) is 3.11. The average Bonchev–Trinajstić information content (AvgIpc) is 2.53. The van der Waals surface area contributed by atoms with Crippen LogP contribution in [0.3, 0.4) is 0 Å². The van der Waals surface area contributed by atoms with E-state index in [1.54, 1.807) is 0 Å². The Bertz CT molecular complexity index is 520. The van der Waals surface area contributed by atoms with E-state index in [0.29, 0.717) is 18.4 Å². The highest BCUT2D eigenvalue weighted by atomic mass is 35.5. The van der Waals surface area contributed by atoms with Gasteiger partial charge in [-0.1, -0.05) is 31.2 Å². The number of aryl methyl sites for hydroxylation is 1. The van der Waals surface area contributed by atoms with E-state index in [-0.39, 0.29) is 24.4 Å². The van der Waals surface area contributed by atoms with Gasteiger partial charge >= 0.3 is 0 Å². The fourth-order valence-corrected chi connectivity index (χ4v) is 4.09. The highest BCUT2D eigenvalue weighted by Crippen LogP contribution is 2.35. The Morgan fingerprint density at radius 3 is 2.82 bits per heavy atom. The number of likely N-dealkylation sites (tertiary alicyclic amines) is 1. The minimum absolute atomic E-state index is 0. The van der Waals surface area contributed by atoms with Crippen molar-refractivity contribution in [3.63, 3.8) is 0 Å². The molecular weight excluding hydrogens is 296 g/mol. The van der Waals surface area contributed by atoms with E-state index in [1.165, 1.54) is 17.5 Å². The molecule has 22 heavy (non-hydrogen) atoms. The van der Waals surface area contributed by atoms with Crippen molar-refractivity contribution in [2.24, 2.45) is 11.7 Å². The standard InChI is InChI=1S/C18H26N2O.ClH/c1-13-6-5-11-20(17(13)12-19)18(21)16-10-4-8-14-7-2-3-9-15(14)16;/h2-3,7,9,13,16-17H,4-6,8,10-12,19H2,1H3;1H. The van der Waals surface area contributed by atoms with Crippen molar-refractivity contribution in [1.82, 2.24) is 4.90 Å². The average molecular weight is 323 g/mol. The SMILES string of the molecule is CC1CCCN(C(=O)C2CCCc3ccccc32)C1CN.Cl. The summed E-state index contributed by atoms with van der Waals surface area (Å²) in [6.07, 6.45) is 5.50. The number of hydrogen-bond donors (Lipinski definition) is 1. The van der Waals surface area contributed by atoms with E-state index in [4.69, 9.17) is 5.73 Å². The Labute approximate surface area is 139 Å². The molecule has 4 heteroatoms. The molecule has 0 radical (unpaired) electrons. The molecule has 3 atom stereocenters. The lowest BCUT2D eigenvalue weighted by Gasteiger charge is -2.42. The van der Waals surface area contributed by atoms with Crippen LogP contribution in [0, 0.1) is 5.92 Å². The molecule has 1 fully saturated rings. The van der Waals surface area contributed by atoms with Crippen LogP contribution < -0.4 is 5.73 Å². The van der Waals surface area contributed by atoms with Gasteiger partial charge in [0.05, 0.1) is 5.92 Å². The predicted molar refractivity (Wildman–Crippen MR) is 92.3 cm³/mol. The summed E-state index contributed by atoms with van der Waals surface area (Å²) in [5.41, 5.74) is 8.56. The van der Waals surface area contributed by atoms with Crippen molar-refractivity contribution < 1.29 is 4.79 Å². The third-order valence-electron chi connectivity index (χ3n) is 5.31. The third-order valence-corrected chi connectivity index (χ3v) is 5.31. The number of nitrogens with zero attached hydrogens (tertiary/aromatic N) is 1. The van der Waals surface area contributed by atoms with Crippen LogP contribution in [0.15, 0.2) is 24.3 Å². The molecule has 1 amide bonds. The molecule has 0 bridgehead atoms. The van der Waals surface area contributed by atoms with Crippen LogP contribution in [0.1, 0.15) is 49.7 Å². The van der Waals surface area contributed by atoms with E-state index >= 15 is 0 Å². The second kappa shape index (κ2) is 7.47. The van der Waals surface area contributed by atoms with Crippen LogP contribution in [-0.2, 0) is 11.2 Å². The molecule has 1 saturated heterocycles. The van der Waals surface area contributed by atoms with E-state index in [2.05, 4.69) is 36.1 Å². The number of carbonyl (C=O) groups excluding carboxylic acids is 1. The molecule has 1 heterocycles. The van der Waals surface area contributed by atoms with Gasteiger partial charge in [-0.3, -0.25) is 4.79 Å². The molecule has 0 aromatic heterocycles. The number of hydrogen-bond acceptors (Lipinski definition) is 2. The summed E-state index contributed by atoms with van der Waals surface area (Å²) in [5, 5.41) is 0. The van der Waals surface area contributed by atoms with E-state index in [9.17, 15) is 4.79 Å². The summed E-state index contributed by atoms with van der Waals surface area (Å²) >= 11 is 0. The Morgan fingerprint density at radius 1 is 1.27 bits per heavy atom. The summed E-state index contributed by atoms with van der Waals surface area (Å²) in [6, 6.07) is 8.68. The molecule has 3 unspecified atom stereocenters. The van der Waals surface area contributed by atoms with Gasteiger partial charge < -0.3 is 10.6 Å². The van der Waals surface area contributed by atoms with Gasteiger partial charge in [0.25, 0.3) is 0 Å². The quantitative estimate of drug-likeness (QED) is 0.909. The number of rotatable bonds is 2. The monoisotopic (exact) mass is 322 g/mol. The summed E-state index contributed by atoms with van der Waals surface area (Å²) in [5.74, 6) is 0.880.